The molecule has 2 aromatic rings. The lowest BCUT2D eigenvalue weighted by molar-refractivity contribution is 0.0685. The Balaban J connectivity index is 2.59. The number of rotatable bonds is 6. The molecule has 25 heavy (non-hydrogen) atoms. The molecule has 132 valence electrons. The van der Waals surface area contributed by atoms with E-state index in [0.29, 0.717) is 0 Å². The van der Waals surface area contributed by atoms with Gasteiger partial charge in [-0.3, -0.25) is 0 Å². The van der Waals surface area contributed by atoms with E-state index in [1.54, 1.807) is 0 Å². The molecule has 2 rings (SSSR count). The number of benzene rings is 2. The molecule has 0 amide bonds. The molecule has 0 bridgehead atoms. The first-order valence-corrected chi connectivity index (χ1v) is 7.16. The fraction of sp³-hybridized carbons (Fsp3) is 0.176. The highest BCUT2D eigenvalue weighted by Crippen LogP contribution is 2.32. The second kappa shape index (κ2) is 7.20. The first-order chi connectivity index (χ1) is 11.8. The molecule has 0 aromatic heterocycles. The van der Waals surface area contributed by atoms with Crippen molar-refractivity contribution in [3.05, 3.63) is 57.6 Å². The monoisotopic (exact) mass is 348 g/mol. The van der Waals surface area contributed by atoms with E-state index in [9.17, 15) is 30.0 Å². The molecule has 0 saturated heterocycles. The topological polar surface area (TPSA) is 156 Å². The lowest BCUT2D eigenvalue weighted by Gasteiger charge is -2.13. The molecule has 0 radical (unpaired) electrons. The van der Waals surface area contributed by atoms with Crippen molar-refractivity contribution >= 4 is 11.9 Å². The van der Waals surface area contributed by atoms with Crippen LogP contribution in [0.3, 0.4) is 0 Å². The van der Waals surface area contributed by atoms with Crippen molar-refractivity contribution in [3.63, 3.8) is 0 Å². The first-order valence-electron chi connectivity index (χ1n) is 7.16. The Kier molecular flexibility index (Phi) is 5.26. The van der Waals surface area contributed by atoms with Gasteiger partial charge in [0.1, 0.15) is 11.5 Å². The van der Waals surface area contributed by atoms with Gasteiger partial charge in [0.15, 0.2) is 0 Å². The Hall–Kier alpha value is -3.10. The first kappa shape index (κ1) is 18.2. The van der Waals surface area contributed by atoms with Gasteiger partial charge < -0.3 is 30.6 Å². The van der Waals surface area contributed by atoms with Crippen molar-refractivity contribution in [2.24, 2.45) is 0 Å². The number of aromatic hydroxyl groups is 2. The average molecular weight is 348 g/mol. The Morgan fingerprint density at radius 3 is 1.28 bits per heavy atom. The number of carboxylic acids is 2. The molecule has 0 saturated carbocycles. The molecule has 0 aliphatic heterocycles. The Morgan fingerprint density at radius 1 is 0.680 bits per heavy atom. The average Bonchev–Trinajstić information content (AvgIpc) is 2.57. The SMILES string of the molecule is O=C(O)c1cc(CO)c(O)c(Cc2cc(C(=O)O)cc(CO)c2O)c1. The molecule has 0 heterocycles. The second-order valence-corrected chi connectivity index (χ2v) is 5.39. The second-order valence-electron chi connectivity index (χ2n) is 5.39. The van der Waals surface area contributed by atoms with E-state index < -0.39 is 25.2 Å². The smallest absolute Gasteiger partial charge is 0.335 e. The van der Waals surface area contributed by atoms with E-state index in [-0.39, 0.29) is 51.3 Å². The Bertz CT molecular complexity index is 772. The molecule has 0 aliphatic rings. The quantitative estimate of drug-likeness (QED) is 0.453. The number of hydrogen-bond acceptors (Lipinski definition) is 6. The number of phenols is 2. The minimum absolute atomic E-state index is 0.00818. The number of hydrogen-bond donors (Lipinski definition) is 6. The van der Waals surface area contributed by atoms with Gasteiger partial charge in [0.05, 0.1) is 24.3 Å². The zero-order valence-electron chi connectivity index (χ0n) is 12.9. The summed E-state index contributed by atoms with van der Waals surface area (Å²) in [6.45, 7) is -1.19. The van der Waals surface area contributed by atoms with Crippen LogP contribution < -0.4 is 0 Å². The van der Waals surface area contributed by atoms with Gasteiger partial charge in [0, 0.05) is 17.5 Å². The molecular formula is C17H16O8. The number of aliphatic hydroxyl groups excluding tert-OH is 2. The standard InChI is InChI=1S/C17H16O8/c18-6-12-4-10(16(22)23)2-8(14(12)20)1-9-3-11(17(24)25)5-13(7-19)15(9)21/h2-5,18-21H,1,6-7H2,(H,22,23)(H,24,25). The molecule has 8 heteroatoms. The van der Waals surface area contributed by atoms with Gasteiger partial charge in [-0.15, -0.1) is 0 Å². The van der Waals surface area contributed by atoms with Crippen LogP contribution in [0.4, 0.5) is 0 Å². The van der Waals surface area contributed by atoms with Crippen LogP contribution >= 0.6 is 0 Å². The summed E-state index contributed by atoms with van der Waals surface area (Å²) in [4.78, 5) is 22.3. The van der Waals surface area contributed by atoms with Gasteiger partial charge in [0.2, 0.25) is 0 Å². The third-order valence-electron chi connectivity index (χ3n) is 3.75. The van der Waals surface area contributed by atoms with Gasteiger partial charge in [-0.1, -0.05) is 0 Å². The summed E-state index contributed by atoms with van der Waals surface area (Å²) in [5, 5.41) is 57.0. The zero-order chi connectivity index (χ0) is 18.7. The van der Waals surface area contributed by atoms with E-state index in [4.69, 9.17) is 10.2 Å². The van der Waals surface area contributed by atoms with E-state index in [0.717, 1.165) is 12.1 Å². The normalized spacial score (nSPS) is 10.6. The summed E-state index contributed by atoms with van der Waals surface area (Å²) >= 11 is 0. The maximum atomic E-state index is 11.2. The number of carbonyl (C=O) groups is 2. The third kappa shape index (κ3) is 3.70. The molecule has 0 unspecified atom stereocenters. The highest BCUT2D eigenvalue weighted by atomic mass is 16.4. The highest BCUT2D eigenvalue weighted by Gasteiger charge is 2.18. The van der Waals surface area contributed by atoms with Crippen LogP contribution in [0, 0.1) is 0 Å². The van der Waals surface area contributed by atoms with Gasteiger partial charge >= 0.3 is 11.9 Å². The van der Waals surface area contributed by atoms with Crippen LogP contribution in [0.5, 0.6) is 11.5 Å². The number of carboxylic acid groups (broad SMARTS) is 2. The summed E-state index contributed by atoms with van der Waals surface area (Å²) in [5.74, 6) is -3.23. The molecular weight excluding hydrogens is 332 g/mol. The highest BCUT2D eigenvalue weighted by molar-refractivity contribution is 5.89. The lowest BCUT2D eigenvalue weighted by Crippen LogP contribution is -2.04. The molecule has 2 aromatic carbocycles. The van der Waals surface area contributed by atoms with Gasteiger partial charge in [-0.05, 0) is 35.4 Å². The van der Waals surface area contributed by atoms with Crippen molar-refractivity contribution in [2.75, 3.05) is 0 Å². The van der Waals surface area contributed by atoms with Crippen LogP contribution in [0.25, 0.3) is 0 Å². The van der Waals surface area contributed by atoms with E-state index >= 15 is 0 Å². The van der Waals surface area contributed by atoms with Gasteiger partial charge in [0.25, 0.3) is 0 Å². The lowest BCUT2D eigenvalue weighted by atomic mass is 9.95. The van der Waals surface area contributed by atoms with E-state index in [1.807, 2.05) is 0 Å². The summed E-state index contributed by atoms with van der Waals surface area (Å²) in [6.07, 6.45) is -0.195. The summed E-state index contributed by atoms with van der Waals surface area (Å²) < 4.78 is 0. The Morgan fingerprint density at radius 2 is 1.00 bits per heavy atom. The van der Waals surface area contributed by atoms with Gasteiger partial charge in [-0.2, -0.15) is 0 Å². The molecule has 0 atom stereocenters. The van der Waals surface area contributed by atoms with Crippen LogP contribution in [-0.4, -0.2) is 42.6 Å². The minimum atomic E-state index is -1.27. The van der Waals surface area contributed by atoms with Crippen LogP contribution in [-0.2, 0) is 19.6 Å². The van der Waals surface area contributed by atoms with Crippen LogP contribution in [0.15, 0.2) is 24.3 Å². The van der Waals surface area contributed by atoms with Crippen LogP contribution in [0.2, 0.25) is 0 Å². The van der Waals surface area contributed by atoms with Crippen molar-refractivity contribution < 1.29 is 40.2 Å². The van der Waals surface area contributed by atoms with E-state index in [2.05, 4.69) is 0 Å². The maximum absolute atomic E-state index is 11.2. The van der Waals surface area contributed by atoms with Crippen molar-refractivity contribution in [1.29, 1.82) is 0 Å². The maximum Gasteiger partial charge on any atom is 0.335 e. The Labute approximate surface area is 141 Å². The zero-order valence-corrected chi connectivity index (χ0v) is 12.9. The summed E-state index contributed by atoms with van der Waals surface area (Å²) in [6, 6.07) is 4.58. The molecule has 6 N–H and O–H groups in total. The van der Waals surface area contributed by atoms with Crippen molar-refractivity contribution in [1.82, 2.24) is 0 Å². The predicted molar refractivity (Wildman–Crippen MR) is 84.8 cm³/mol. The molecule has 8 nitrogen and oxygen atoms in total. The van der Waals surface area contributed by atoms with Crippen LogP contribution in [0.1, 0.15) is 43.0 Å². The summed E-state index contributed by atoms with van der Waals surface area (Å²) in [5.41, 5.74) is -0.185. The molecule has 0 spiro atoms. The fourth-order valence-electron chi connectivity index (χ4n) is 2.48. The number of aromatic carboxylic acids is 2. The van der Waals surface area contributed by atoms with Gasteiger partial charge in [-0.25, -0.2) is 9.59 Å². The minimum Gasteiger partial charge on any atom is -0.507 e. The molecule has 0 aliphatic carbocycles. The third-order valence-corrected chi connectivity index (χ3v) is 3.75. The fourth-order valence-corrected chi connectivity index (χ4v) is 2.48. The molecule has 0 fully saturated rings. The largest absolute Gasteiger partial charge is 0.507 e. The van der Waals surface area contributed by atoms with Crippen molar-refractivity contribution in [2.45, 2.75) is 19.6 Å². The van der Waals surface area contributed by atoms with E-state index in [1.165, 1.54) is 12.1 Å². The summed E-state index contributed by atoms with van der Waals surface area (Å²) in [7, 11) is 0. The predicted octanol–water partition coefficient (Wildman–Crippen LogP) is 1.07. The van der Waals surface area contributed by atoms with Crippen molar-refractivity contribution in [3.8, 4) is 11.5 Å². The number of aliphatic hydroxyl groups is 2.